The van der Waals surface area contributed by atoms with Crippen molar-refractivity contribution in [1.82, 2.24) is 4.90 Å². The first-order chi connectivity index (χ1) is 9.96. The highest BCUT2D eigenvalue weighted by molar-refractivity contribution is 5.55. The van der Waals surface area contributed by atoms with Gasteiger partial charge in [-0.3, -0.25) is 0 Å². The molecule has 1 fully saturated rings. The van der Waals surface area contributed by atoms with E-state index in [2.05, 4.69) is 51.1 Å². The van der Waals surface area contributed by atoms with E-state index in [9.17, 15) is 5.11 Å². The average Bonchev–Trinajstić information content (AvgIpc) is 3.01. The summed E-state index contributed by atoms with van der Waals surface area (Å²) < 4.78 is 0. The van der Waals surface area contributed by atoms with Gasteiger partial charge in [0.2, 0.25) is 0 Å². The Morgan fingerprint density at radius 3 is 2.33 bits per heavy atom. The largest absolute Gasteiger partial charge is 0.384 e. The molecule has 116 valence electrons. The fourth-order valence-electron chi connectivity index (χ4n) is 3.67. The van der Waals surface area contributed by atoms with Crippen LogP contribution in [0.4, 0.5) is 0 Å². The van der Waals surface area contributed by atoms with Crippen LogP contribution in [0.1, 0.15) is 45.1 Å². The van der Waals surface area contributed by atoms with Gasteiger partial charge in [-0.05, 0) is 57.8 Å². The molecule has 2 heteroatoms. The number of hydrogen-bond donors (Lipinski definition) is 1. The summed E-state index contributed by atoms with van der Waals surface area (Å²) in [5.74, 6) is 0.370. The van der Waals surface area contributed by atoms with E-state index in [1.807, 2.05) is 18.2 Å². The minimum Gasteiger partial charge on any atom is -0.384 e. The van der Waals surface area contributed by atoms with Gasteiger partial charge in [0.1, 0.15) is 5.60 Å². The first kappa shape index (κ1) is 16.3. The van der Waals surface area contributed by atoms with Crippen molar-refractivity contribution in [2.75, 3.05) is 14.1 Å². The predicted molar refractivity (Wildman–Crippen MR) is 90.1 cm³/mol. The van der Waals surface area contributed by atoms with Gasteiger partial charge in [0.05, 0.1) is 0 Å². The van der Waals surface area contributed by atoms with Crippen LogP contribution >= 0.6 is 0 Å². The third kappa shape index (κ3) is 3.38. The number of rotatable bonds is 5. The third-order valence-corrected chi connectivity index (χ3v) is 5.20. The van der Waals surface area contributed by atoms with Gasteiger partial charge in [0.25, 0.3) is 0 Å². The van der Waals surface area contributed by atoms with Crippen LogP contribution in [0, 0.1) is 5.92 Å². The van der Waals surface area contributed by atoms with Crippen LogP contribution in [-0.2, 0) is 0 Å². The molecule has 0 aliphatic heterocycles. The van der Waals surface area contributed by atoms with E-state index in [4.69, 9.17) is 0 Å². The summed E-state index contributed by atoms with van der Waals surface area (Å²) in [6.07, 6.45) is 6.90. The van der Waals surface area contributed by atoms with E-state index in [1.54, 1.807) is 0 Å². The zero-order chi connectivity index (χ0) is 15.5. The highest BCUT2D eigenvalue weighted by Gasteiger charge is 2.44. The standard InChI is InChI=1S/C19H29NO/c1-15(14-17-10-6-5-7-11-17)19(21,16(2)20(3)4)18-12-8-9-13-18/h5-7,10-11,14,16,18,21H,8-9,12-13H2,1-4H3/b15-14+. The normalized spacial score (nSPS) is 21.5. The van der Waals surface area contributed by atoms with Crippen LogP contribution < -0.4 is 0 Å². The van der Waals surface area contributed by atoms with Gasteiger partial charge in [-0.1, -0.05) is 49.2 Å². The van der Waals surface area contributed by atoms with E-state index in [-0.39, 0.29) is 6.04 Å². The SMILES string of the molecule is C/C(=C\c1ccccc1)C(O)(C1CCCC1)C(C)N(C)C. The van der Waals surface area contributed by atoms with Gasteiger partial charge in [-0.2, -0.15) is 0 Å². The van der Waals surface area contributed by atoms with Crippen LogP contribution in [0.3, 0.4) is 0 Å². The molecule has 2 atom stereocenters. The van der Waals surface area contributed by atoms with Gasteiger partial charge in [-0.15, -0.1) is 0 Å². The minimum absolute atomic E-state index is 0.112. The molecular weight excluding hydrogens is 258 g/mol. The Morgan fingerprint density at radius 1 is 1.24 bits per heavy atom. The molecule has 0 amide bonds. The maximum atomic E-state index is 11.6. The van der Waals surface area contributed by atoms with Crippen molar-refractivity contribution < 1.29 is 5.11 Å². The number of nitrogens with zero attached hydrogens (tertiary/aromatic N) is 1. The Morgan fingerprint density at radius 2 is 1.81 bits per heavy atom. The first-order valence-corrected chi connectivity index (χ1v) is 8.09. The van der Waals surface area contributed by atoms with Crippen molar-refractivity contribution in [3.63, 3.8) is 0 Å². The van der Waals surface area contributed by atoms with E-state index in [0.717, 1.165) is 24.0 Å². The molecule has 0 aromatic heterocycles. The lowest BCUT2D eigenvalue weighted by Crippen LogP contribution is -2.53. The van der Waals surface area contributed by atoms with Crippen LogP contribution in [-0.4, -0.2) is 35.7 Å². The molecule has 1 aromatic rings. The van der Waals surface area contributed by atoms with Gasteiger partial charge in [0.15, 0.2) is 0 Å². The predicted octanol–water partition coefficient (Wildman–Crippen LogP) is 3.96. The van der Waals surface area contributed by atoms with Gasteiger partial charge in [-0.25, -0.2) is 0 Å². The minimum atomic E-state index is -0.740. The van der Waals surface area contributed by atoms with E-state index >= 15 is 0 Å². The second-order valence-corrected chi connectivity index (χ2v) is 6.68. The molecular formula is C19H29NO. The molecule has 21 heavy (non-hydrogen) atoms. The number of benzene rings is 1. The van der Waals surface area contributed by atoms with Gasteiger partial charge < -0.3 is 10.0 Å². The molecule has 2 unspecified atom stereocenters. The summed E-state index contributed by atoms with van der Waals surface area (Å²) in [5, 5.41) is 11.6. The van der Waals surface area contributed by atoms with Crippen LogP contribution in [0.2, 0.25) is 0 Å². The lowest BCUT2D eigenvalue weighted by Gasteiger charge is -2.43. The maximum Gasteiger partial charge on any atom is 0.104 e. The average molecular weight is 287 g/mol. The topological polar surface area (TPSA) is 23.5 Å². The summed E-state index contributed by atoms with van der Waals surface area (Å²) in [5.41, 5.74) is 1.51. The summed E-state index contributed by atoms with van der Waals surface area (Å²) in [4.78, 5) is 2.14. The summed E-state index contributed by atoms with van der Waals surface area (Å²) in [7, 11) is 4.11. The molecule has 2 nitrogen and oxygen atoms in total. The fourth-order valence-corrected chi connectivity index (χ4v) is 3.67. The molecule has 1 saturated carbocycles. The molecule has 0 saturated heterocycles. The van der Waals surface area contributed by atoms with Crippen molar-refractivity contribution >= 4 is 6.08 Å². The third-order valence-electron chi connectivity index (χ3n) is 5.20. The number of likely N-dealkylation sites (N-methyl/N-ethyl adjacent to an activating group) is 1. The van der Waals surface area contributed by atoms with Crippen molar-refractivity contribution in [1.29, 1.82) is 0 Å². The highest BCUT2D eigenvalue weighted by Crippen LogP contribution is 2.42. The molecule has 1 aromatic carbocycles. The zero-order valence-corrected chi connectivity index (χ0v) is 13.8. The van der Waals surface area contributed by atoms with E-state index in [0.29, 0.717) is 5.92 Å². The monoisotopic (exact) mass is 287 g/mol. The molecule has 0 radical (unpaired) electrons. The maximum absolute atomic E-state index is 11.6. The molecule has 0 bridgehead atoms. The Kier molecular flexibility index (Phi) is 5.23. The summed E-state index contributed by atoms with van der Waals surface area (Å²) in [6, 6.07) is 10.4. The Labute approximate surface area is 129 Å². The zero-order valence-electron chi connectivity index (χ0n) is 13.8. The summed E-state index contributed by atoms with van der Waals surface area (Å²) >= 11 is 0. The lowest BCUT2D eigenvalue weighted by molar-refractivity contribution is -0.0400. The van der Waals surface area contributed by atoms with Crippen molar-refractivity contribution in [2.45, 2.75) is 51.2 Å². The van der Waals surface area contributed by atoms with Gasteiger partial charge in [0, 0.05) is 6.04 Å². The Hall–Kier alpha value is -1.12. The van der Waals surface area contributed by atoms with Crippen LogP contribution in [0.15, 0.2) is 35.9 Å². The fraction of sp³-hybridized carbons (Fsp3) is 0.579. The molecule has 2 rings (SSSR count). The molecule has 0 heterocycles. The Bertz CT molecular complexity index is 470. The van der Waals surface area contributed by atoms with Crippen molar-refractivity contribution in [2.24, 2.45) is 5.92 Å². The second-order valence-electron chi connectivity index (χ2n) is 6.68. The van der Waals surface area contributed by atoms with E-state index < -0.39 is 5.60 Å². The van der Waals surface area contributed by atoms with Crippen molar-refractivity contribution in [3.8, 4) is 0 Å². The molecule has 0 spiro atoms. The van der Waals surface area contributed by atoms with Crippen molar-refractivity contribution in [3.05, 3.63) is 41.5 Å². The smallest absolute Gasteiger partial charge is 0.104 e. The van der Waals surface area contributed by atoms with Crippen LogP contribution in [0.5, 0.6) is 0 Å². The first-order valence-electron chi connectivity index (χ1n) is 8.09. The molecule has 1 N–H and O–H groups in total. The quantitative estimate of drug-likeness (QED) is 0.886. The van der Waals surface area contributed by atoms with Gasteiger partial charge >= 0.3 is 0 Å². The molecule has 1 aliphatic rings. The Balaban J connectivity index is 2.36. The lowest BCUT2D eigenvalue weighted by atomic mass is 9.74. The second kappa shape index (κ2) is 6.76. The number of aliphatic hydroxyl groups is 1. The van der Waals surface area contributed by atoms with Crippen LogP contribution in [0.25, 0.3) is 6.08 Å². The molecule has 1 aliphatic carbocycles. The number of hydrogen-bond acceptors (Lipinski definition) is 2. The summed E-state index contributed by atoms with van der Waals surface area (Å²) in [6.45, 7) is 4.23. The van der Waals surface area contributed by atoms with E-state index in [1.165, 1.54) is 12.8 Å². The highest BCUT2D eigenvalue weighted by atomic mass is 16.3.